The van der Waals surface area contributed by atoms with E-state index in [4.69, 9.17) is 19.0 Å². The Labute approximate surface area is 248 Å². The number of nitrogens with zero attached hydrogens (tertiary/aromatic N) is 2. The van der Waals surface area contributed by atoms with Gasteiger partial charge in [-0.05, 0) is 65.1 Å². The second-order valence-corrected chi connectivity index (χ2v) is 17.3. The fourth-order valence-corrected chi connectivity index (χ4v) is 5.49. The van der Waals surface area contributed by atoms with E-state index in [-0.39, 0.29) is 5.91 Å². The molecule has 0 spiro atoms. The van der Waals surface area contributed by atoms with E-state index in [0.29, 0.717) is 32.2 Å². The summed E-state index contributed by atoms with van der Waals surface area (Å²) in [6.45, 7) is 10.5. The van der Waals surface area contributed by atoms with Crippen molar-refractivity contribution in [1.29, 1.82) is 0 Å². The largest absolute Gasteiger partial charge is 0.489 e. The Kier molecular flexibility index (Phi) is 9.24. The monoisotopic (exact) mass is 581 g/mol. The zero-order chi connectivity index (χ0) is 29.5. The quantitative estimate of drug-likeness (QED) is 0.111. The summed E-state index contributed by atoms with van der Waals surface area (Å²) in [5.74, 6) is 1.29. The van der Waals surface area contributed by atoms with Gasteiger partial charge in [0.1, 0.15) is 19.1 Å². The molecule has 0 saturated heterocycles. The number of anilines is 1. The fraction of sp³-hybridized carbons (Fsp3) is 0.294. The van der Waals surface area contributed by atoms with Gasteiger partial charge in [-0.3, -0.25) is 4.79 Å². The van der Waals surface area contributed by atoms with E-state index in [2.05, 4.69) is 61.4 Å². The molecule has 0 aliphatic carbocycles. The zero-order valence-corrected chi connectivity index (χ0v) is 25.9. The summed E-state index contributed by atoms with van der Waals surface area (Å²) in [4.78, 5) is 12.6. The third kappa shape index (κ3) is 7.38. The molecule has 5 aromatic rings. The van der Waals surface area contributed by atoms with Gasteiger partial charge in [0.15, 0.2) is 5.82 Å². The minimum atomic E-state index is -1.23. The van der Waals surface area contributed by atoms with Crippen LogP contribution in [0.1, 0.15) is 25.3 Å². The lowest BCUT2D eigenvalue weighted by Crippen LogP contribution is -2.22. The van der Waals surface area contributed by atoms with Crippen molar-refractivity contribution in [1.82, 2.24) is 9.78 Å². The number of furan rings is 1. The summed E-state index contributed by atoms with van der Waals surface area (Å²) in [6, 6.07) is 25.5. The van der Waals surface area contributed by atoms with E-state index in [1.807, 2.05) is 48.0 Å². The molecule has 0 atom stereocenters. The maximum absolute atomic E-state index is 12.6. The van der Waals surface area contributed by atoms with Crippen LogP contribution in [0.5, 0.6) is 5.75 Å². The van der Waals surface area contributed by atoms with Crippen molar-refractivity contribution in [2.45, 2.75) is 58.8 Å². The van der Waals surface area contributed by atoms with Crippen LogP contribution in [0, 0.1) is 0 Å². The minimum Gasteiger partial charge on any atom is -0.489 e. The van der Waals surface area contributed by atoms with Crippen molar-refractivity contribution < 1.29 is 18.7 Å². The topological polar surface area (TPSA) is 78.5 Å². The standard InChI is InChI=1S/C34H39N3O4Si/c1-5-9-33(38)35-34-31-20-29(27-16-17-39-23-27)30(21-32(31)37(36-34)24-40-18-19-42(2,3)4)26-12-14-28(15-13-26)41-22-25-10-7-6-8-11-25/h6-8,10-17,20-21,23H,5,9,18-19,22,24H2,1-4H3,(H,35,36,38). The normalized spacial score (nSPS) is 11.6. The molecule has 8 heteroatoms. The SMILES string of the molecule is CCCC(=O)Nc1nn(COCC[Si](C)(C)C)c2cc(-c3ccc(OCc4ccccc4)cc3)c(-c3ccoc3)cc12. The van der Waals surface area contributed by atoms with Crippen LogP contribution in [0.3, 0.4) is 0 Å². The molecule has 42 heavy (non-hydrogen) atoms. The third-order valence-electron chi connectivity index (χ3n) is 7.08. The summed E-state index contributed by atoms with van der Waals surface area (Å²) in [5, 5.41) is 8.68. The Morgan fingerprint density at radius 1 is 0.976 bits per heavy atom. The molecular formula is C34H39N3O4Si. The lowest BCUT2D eigenvalue weighted by atomic mass is 9.94. The summed E-state index contributed by atoms with van der Waals surface area (Å²) in [6.07, 6.45) is 4.61. The molecule has 0 fully saturated rings. The number of amides is 1. The molecule has 0 saturated carbocycles. The molecule has 1 N–H and O–H groups in total. The first kappa shape index (κ1) is 29.4. The molecule has 0 aliphatic heterocycles. The molecule has 218 valence electrons. The van der Waals surface area contributed by atoms with Crippen LogP contribution in [-0.2, 0) is 22.9 Å². The molecule has 0 bridgehead atoms. The third-order valence-corrected chi connectivity index (χ3v) is 8.78. The van der Waals surface area contributed by atoms with Gasteiger partial charge in [0.2, 0.25) is 5.91 Å². The maximum Gasteiger partial charge on any atom is 0.225 e. The Morgan fingerprint density at radius 2 is 1.74 bits per heavy atom. The number of aromatic nitrogens is 2. The van der Waals surface area contributed by atoms with Gasteiger partial charge in [0.25, 0.3) is 0 Å². The highest BCUT2D eigenvalue weighted by atomic mass is 28.3. The van der Waals surface area contributed by atoms with Gasteiger partial charge in [-0.2, -0.15) is 5.10 Å². The number of hydrogen-bond acceptors (Lipinski definition) is 5. The number of nitrogens with one attached hydrogen (secondary N) is 1. The average Bonchev–Trinajstić information content (AvgIpc) is 3.63. The molecule has 2 heterocycles. The van der Waals surface area contributed by atoms with Crippen LogP contribution < -0.4 is 10.1 Å². The smallest absolute Gasteiger partial charge is 0.225 e. The lowest BCUT2D eigenvalue weighted by molar-refractivity contribution is -0.116. The van der Waals surface area contributed by atoms with Gasteiger partial charge in [0, 0.05) is 32.1 Å². The first-order valence-corrected chi connectivity index (χ1v) is 18.2. The second-order valence-electron chi connectivity index (χ2n) is 11.7. The highest BCUT2D eigenvalue weighted by molar-refractivity contribution is 6.76. The van der Waals surface area contributed by atoms with Crippen LogP contribution in [0.2, 0.25) is 25.7 Å². The number of rotatable bonds is 13. The van der Waals surface area contributed by atoms with Crippen molar-refractivity contribution >= 4 is 30.7 Å². The number of carbonyl (C=O) groups excluding carboxylic acids is 1. The van der Waals surface area contributed by atoms with Crippen molar-refractivity contribution in [2.24, 2.45) is 0 Å². The molecule has 0 radical (unpaired) electrons. The number of fused-ring (bicyclic) bond motifs is 1. The van der Waals surface area contributed by atoms with Crippen molar-refractivity contribution in [3.63, 3.8) is 0 Å². The number of carbonyl (C=O) groups is 1. The van der Waals surface area contributed by atoms with Gasteiger partial charge in [-0.1, -0.05) is 69.0 Å². The minimum absolute atomic E-state index is 0.0521. The van der Waals surface area contributed by atoms with Crippen LogP contribution in [0.25, 0.3) is 33.2 Å². The van der Waals surface area contributed by atoms with Crippen molar-refractivity contribution in [2.75, 3.05) is 11.9 Å². The predicted molar refractivity (Wildman–Crippen MR) is 171 cm³/mol. The summed E-state index contributed by atoms with van der Waals surface area (Å²) in [5.41, 5.74) is 6.00. The Hall–Kier alpha value is -4.14. The number of ether oxygens (including phenoxy) is 2. The van der Waals surface area contributed by atoms with Gasteiger partial charge < -0.3 is 19.2 Å². The van der Waals surface area contributed by atoms with Crippen LogP contribution in [0.4, 0.5) is 5.82 Å². The van der Waals surface area contributed by atoms with E-state index in [9.17, 15) is 4.79 Å². The summed E-state index contributed by atoms with van der Waals surface area (Å²) in [7, 11) is -1.23. The van der Waals surface area contributed by atoms with Gasteiger partial charge in [-0.25, -0.2) is 4.68 Å². The van der Waals surface area contributed by atoms with E-state index < -0.39 is 8.07 Å². The van der Waals surface area contributed by atoms with E-state index >= 15 is 0 Å². The first-order chi connectivity index (χ1) is 20.3. The van der Waals surface area contributed by atoms with E-state index in [0.717, 1.165) is 56.9 Å². The van der Waals surface area contributed by atoms with E-state index in [1.165, 1.54) is 0 Å². The lowest BCUT2D eigenvalue weighted by Gasteiger charge is -2.15. The zero-order valence-electron chi connectivity index (χ0n) is 24.9. The molecule has 2 aromatic heterocycles. The highest BCUT2D eigenvalue weighted by Crippen LogP contribution is 2.39. The molecule has 0 unspecified atom stereocenters. The fourth-order valence-electron chi connectivity index (χ4n) is 4.73. The van der Waals surface area contributed by atoms with Gasteiger partial charge >= 0.3 is 0 Å². The second kappa shape index (κ2) is 13.2. The van der Waals surface area contributed by atoms with Gasteiger partial charge in [0.05, 0.1) is 18.0 Å². The highest BCUT2D eigenvalue weighted by Gasteiger charge is 2.19. The Balaban J connectivity index is 1.51. The van der Waals surface area contributed by atoms with Crippen LogP contribution in [0.15, 0.2) is 89.7 Å². The molecule has 3 aromatic carbocycles. The van der Waals surface area contributed by atoms with Gasteiger partial charge in [-0.15, -0.1) is 0 Å². The number of hydrogen-bond donors (Lipinski definition) is 1. The van der Waals surface area contributed by atoms with E-state index in [1.54, 1.807) is 12.5 Å². The molecule has 1 amide bonds. The van der Waals surface area contributed by atoms with Crippen LogP contribution >= 0.6 is 0 Å². The molecular weight excluding hydrogens is 542 g/mol. The maximum atomic E-state index is 12.6. The van der Waals surface area contributed by atoms with Crippen LogP contribution in [-0.4, -0.2) is 30.4 Å². The summed E-state index contributed by atoms with van der Waals surface area (Å²) >= 11 is 0. The van der Waals surface area contributed by atoms with Crippen molar-refractivity contribution in [3.05, 3.63) is 90.9 Å². The van der Waals surface area contributed by atoms with Crippen molar-refractivity contribution in [3.8, 4) is 28.0 Å². The average molecular weight is 582 g/mol. The Bertz CT molecular complexity index is 1610. The molecule has 7 nitrogen and oxygen atoms in total. The molecule has 0 aliphatic rings. The number of benzene rings is 3. The Morgan fingerprint density at radius 3 is 2.43 bits per heavy atom. The molecule has 5 rings (SSSR count). The predicted octanol–water partition coefficient (Wildman–Crippen LogP) is 8.59. The summed E-state index contributed by atoms with van der Waals surface area (Å²) < 4.78 is 19.4. The first-order valence-electron chi connectivity index (χ1n) is 14.5.